The summed E-state index contributed by atoms with van der Waals surface area (Å²) in [7, 11) is 1.14. The number of halogens is 3. The first-order valence-electron chi connectivity index (χ1n) is 9.28. The van der Waals surface area contributed by atoms with Gasteiger partial charge in [-0.3, -0.25) is 9.78 Å². The maximum absolute atomic E-state index is 13.6. The SMILES string of the molecule is COC(=O)C(N)Cc1ccc(Oc2ccc(Cc3oc(=O)[nH]c3O)cc2)c(C(F)(F)F)c1. The molecule has 0 spiro atoms. The number of alkyl halides is 3. The van der Waals surface area contributed by atoms with Crippen LogP contribution in [0.15, 0.2) is 51.7 Å². The minimum atomic E-state index is -4.70. The Hall–Kier alpha value is -3.73. The number of nitrogens with one attached hydrogen (secondary N) is 1. The van der Waals surface area contributed by atoms with Crippen molar-refractivity contribution >= 4 is 5.97 Å². The van der Waals surface area contributed by atoms with Crippen LogP contribution in [0.2, 0.25) is 0 Å². The van der Waals surface area contributed by atoms with Gasteiger partial charge in [-0.2, -0.15) is 13.2 Å². The number of aromatic amines is 1. The molecule has 0 bridgehead atoms. The lowest BCUT2D eigenvalue weighted by Gasteiger charge is -2.16. The van der Waals surface area contributed by atoms with Gasteiger partial charge in [-0.15, -0.1) is 0 Å². The van der Waals surface area contributed by atoms with Gasteiger partial charge in [0, 0.05) is 6.42 Å². The van der Waals surface area contributed by atoms with Gasteiger partial charge < -0.3 is 24.7 Å². The van der Waals surface area contributed by atoms with Crippen molar-refractivity contribution in [2.75, 3.05) is 7.11 Å². The molecule has 0 amide bonds. The van der Waals surface area contributed by atoms with E-state index >= 15 is 0 Å². The fraction of sp³-hybridized carbons (Fsp3) is 0.238. The number of methoxy groups -OCH3 is 1. The van der Waals surface area contributed by atoms with Gasteiger partial charge in [0.25, 0.3) is 0 Å². The first kappa shape index (κ1) is 22.9. The smallest absolute Gasteiger partial charge is 0.419 e. The highest BCUT2D eigenvalue weighted by Gasteiger charge is 2.35. The first-order valence-corrected chi connectivity index (χ1v) is 9.28. The largest absolute Gasteiger partial charge is 0.492 e. The lowest BCUT2D eigenvalue weighted by molar-refractivity contribution is -0.142. The molecule has 1 atom stereocenters. The van der Waals surface area contributed by atoms with Crippen molar-refractivity contribution in [3.8, 4) is 17.4 Å². The summed E-state index contributed by atoms with van der Waals surface area (Å²) >= 11 is 0. The topological polar surface area (TPSA) is 128 Å². The fourth-order valence-corrected chi connectivity index (χ4v) is 2.96. The van der Waals surface area contributed by atoms with Crippen LogP contribution in [0.25, 0.3) is 0 Å². The number of aromatic hydroxyl groups is 1. The fourth-order valence-electron chi connectivity index (χ4n) is 2.96. The van der Waals surface area contributed by atoms with Crippen molar-refractivity contribution < 1.29 is 37.0 Å². The second-order valence-electron chi connectivity index (χ2n) is 6.87. The van der Waals surface area contributed by atoms with E-state index in [2.05, 4.69) is 9.72 Å². The zero-order chi connectivity index (χ0) is 23.5. The normalized spacial score (nSPS) is 12.4. The molecule has 8 nitrogen and oxygen atoms in total. The molecule has 1 unspecified atom stereocenters. The quantitative estimate of drug-likeness (QED) is 0.470. The summed E-state index contributed by atoms with van der Waals surface area (Å²) in [4.78, 5) is 24.6. The Morgan fingerprint density at radius 2 is 1.84 bits per heavy atom. The molecule has 1 heterocycles. The number of rotatable bonds is 7. The molecule has 0 radical (unpaired) electrons. The second-order valence-corrected chi connectivity index (χ2v) is 6.87. The number of aromatic nitrogens is 1. The van der Waals surface area contributed by atoms with Gasteiger partial charge in [0.15, 0.2) is 5.76 Å². The number of hydrogen-bond acceptors (Lipinski definition) is 7. The average Bonchev–Trinajstić information content (AvgIpc) is 3.05. The number of nitrogens with two attached hydrogens (primary N) is 1. The molecule has 0 saturated carbocycles. The Kier molecular flexibility index (Phi) is 6.58. The molecule has 32 heavy (non-hydrogen) atoms. The Balaban J connectivity index is 1.79. The van der Waals surface area contributed by atoms with E-state index in [1.807, 2.05) is 0 Å². The molecule has 0 saturated heterocycles. The van der Waals surface area contributed by atoms with Crippen molar-refractivity contribution in [3.63, 3.8) is 0 Å². The van der Waals surface area contributed by atoms with E-state index in [0.717, 1.165) is 19.2 Å². The van der Waals surface area contributed by atoms with Crippen molar-refractivity contribution in [2.45, 2.75) is 25.1 Å². The molecule has 170 valence electrons. The minimum absolute atomic E-state index is 0.0313. The van der Waals surface area contributed by atoms with Crippen molar-refractivity contribution in [3.05, 3.63) is 75.5 Å². The lowest BCUT2D eigenvalue weighted by atomic mass is 10.0. The number of H-pyrrole nitrogens is 1. The molecule has 11 heteroatoms. The molecular formula is C21H19F3N2O6. The third-order valence-electron chi connectivity index (χ3n) is 4.53. The Bertz CT molecular complexity index is 1150. The Morgan fingerprint density at radius 1 is 1.19 bits per heavy atom. The summed E-state index contributed by atoms with van der Waals surface area (Å²) in [6, 6.07) is 8.32. The molecule has 2 aromatic carbocycles. The van der Waals surface area contributed by atoms with Crippen LogP contribution in [0.1, 0.15) is 22.5 Å². The number of oxazole rings is 1. The highest BCUT2D eigenvalue weighted by molar-refractivity contribution is 5.75. The van der Waals surface area contributed by atoms with E-state index < -0.39 is 41.1 Å². The standard InChI is InChI=1S/C21H19F3N2O6/c1-30-19(28)15(25)9-12-4-7-16(14(8-12)21(22,23)24)31-13-5-2-11(3-6-13)10-17-18(27)26-20(29)32-17/h2-8,15,27H,9-10,25H2,1H3,(H,26,29). The molecule has 3 aromatic rings. The van der Waals surface area contributed by atoms with Crippen molar-refractivity contribution in [1.82, 2.24) is 4.98 Å². The van der Waals surface area contributed by atoms with E-state index in [9.17, 15) is 27.9 Å². The minimum Gasteiger partial charge on any atom is -0.492 e. The number of carbonyl (C=O) groups is 1. The summed E-state index contributed by atoms with van der Waals surface area (Å²) in [5, 5.41) is 9.56. The van der Waals surface area contributed by atoms with Gasteiger partial charge in [0.05, 0.1) is 12.7 Å². The third kappa shape index (κ3) is 5.49. The van der Waals surface area contributed by atoms with Gasteiger partial charge in [0.1, 0.15) is 17.5 Å². The molecule has 0 aliphatic carbocycles. The van der Waals surface area contributed by atoms with Crippen LogP contribution in [-0.2, 0) is 28.5 Å². The zero-order valence-electron chi connectivity index (χ0n) is 16.7. The molecule has 0 fully saturated rings. The summed E-state index contributed by atoms with van der Waals surface area (Å²) in [6.45, 7) is 0. The first-order chi connectivity index (χ1) is 15.1. The van der Waals surface area contributed by atoms with Crippen LogP contribution in [0.3, 0.4) is 0 Å². The van der Waals surface area contributed by atoms with Gasteiger partial charge in [0.2, 0.25) is 5.88 Å². The van der Waals surface area contributed by atoms with E-state index in [-0.39, 0.29) is 29.9 Å². The summed E-state index contributed by atoms with van der Waals surface area (Å²) in [5.41, 5.74) is 5.44. The maximum atomic E-state index is 13.6. The summed E-state index contributed by atoms with van der Waals surface area (Å²) in [5.74, 6) is -2.17. The van der Waals surface area contributed by atoms with Crippen LogP contribution in [0, 0.1) is 0 Å². The van der Waals surface area contributed by atoms with Crippen LogP contribution in [0.5, 0.6) is 17.4 Å². The number of ether oxygens (including phenoxy) is 2. The van der Waals surface area contributed by atoms with Crippen LogP contribution >= 0.6 is 0 Å². The summed E-state index contributed by atoms with van der Waals surface area (Å²) < 4.78 is 55.4. The summed E-state index contributed by atoms with van der Waals surface area (Å²) in [6.07, 6.45) is -4.75. The van der Waals surface area contributed by atoms with Crippen LogP contribution in [0.4, 0.5) is 13.2 Å². The Morgan fingerprint density at radius 3 is 2.41 bits per heavy atom. The van der Waals surface area contributed by atoms with Gasteiger partial charge in [-0.25, -0.2) is 4.79 Å². The number of esters is 1. The average molecular weight is 452 g/mol. The van der Waals surface area contributed by atoms with Crippen molar-refractivity contribution in [2.24, 2.45) is 5.73 Å². The number of hydrogen-bond donors (Lipinski definition) is 3. The van der Waals surface area contributed by atoms with Gasteiger partial charge in [-0.05, 0) is 41.8 Å². The molecule has 0 aliphatic heterocycles. The van der Waals surface area contributed by atoms with E-state index in [0.29, 0.717) is 5.56 Å². The predicted octanol–water partition coefficient (Wildman–Crippen LogP) is 3.12. The van der Waals surface area contributed by atoms with Crippen molar-refractivity contribution in [1.29, 1.82) is 0 Å². The molecular weight excluding hydrogens is 433 g/mol. The van der Waals surface area contributed by atoms with E-state index in [1.165, 1.54) is 18.2 Å². The van der Waals surface area contributed by atoms with E-state index in [4.69, 9.17) is 14.9 Å². The third-order valence-corrected chi connectivity index (χ3v) is 4.53. The Labute approximate surface area is 179 Å². The molecule has 0 aliphatic rings. The molecule has 1 aromatic heterocycles. The van der Waals surface area contributed by atoms with Crippen LogP contribution in [-0.4, -0.2) is 29.2 Å². The highest BCUT2D eigenvalue weighted by atomic mass is 19.4. The van der Waals surface area contributed by atoms with E-state index in [1.54, 1.807) is 12.1 Å². The second kappa shape index (κ2) is 9.18. The van der Waals surface area contributed by atoms with Gasteiger partial charge >= 0.3 is 17.9 Å². The van der Waals surface area contributed by atoms with Crippen LogP contribution < -0.4 is 16.2 Å². The number of benzene rings is 2. The molecule has 3 rings (SSSR count). The highest BCUT2D eigenvalue weighted by Crippen LogP contribution is 2.39. The zero-order valence-corrected chi connectivity index (χ0v) is 16.7. The maximum Gasteiger partial charge on any atom is 0.419 e. The lowest BCUT2D eigenvalue weighted by Crippen LogP contribution is -2.33. The number of carbonyl (C=O) groups excluding carboxylic acids is 1. The van der Waals surface area contributed by atoms with Gasteiger partial charge in [-0.1, -0.05) is 18.2 Å². The monoisotopic (exact) mass is 452 g/mol. The molecule has 4 N–H and O–H groups in total. The predicted molar refractivity (Wildman–Crippen MR) is 105 cm³/mol.